The van der Waals surface area contributed by atoms with Crippen molar-refractivity contribution in [2.24, 2.45) is 0 Å². The number of rotatable bonds is 4. The molecule has 4 heteroatoms. The molecular formula is C15H22N2OS. The van der Waals surface area contributed by atoms with Crippen LogP contribution in [0.15, 0.2) is 24.4 Å². The van der Waals surface area contributed by atoms with Crippen molar-refractivity contribution in [1.29, 1.82) is 0 Å². The number of pyridine rings is 1. The lowest BCUT2D eigenvalue weighted by molar-refractivity contribution is 0.0194. The summed E-state index contributed by atoms with van der Waals surface area (Å²) in [5.74, 6) is 1.14. The molecule has 3 rings (SSSR count). The molecule has 1 spiro atoms. The first-order valence-corrected chi connectivity index (χ1v) is 8.05. The SMILES string of the molecule is CC(C)N1CC2(C[C@H](OCc3ccccn3)CS2)C1. The zero-order valence-corrected chi connectivity index (χ0v) is 12.5. The van der Waals surface area contributed by atoms with Crippen molar-refractivity contribution in [3.05, 3.63) is 30.1 Å². The molecule has 0 unspecified atom stereocenters. The molecule has 0 bridgehead atoms. The highest BCUT2D eigenvalue weighted by Crippen LogP contribution is 2.46. The van der Waals surface area contributed by atoms with Gasteiger partial charge in [-0.2, -0.15) is 0 Å². The number of ether oxygens (including phenoxy) is 1. The highest BCUT2D eigenvalue weighted by atomic mass is 32.2. The second-order valence-corrected chi connectivity index (χ2v) is 7.44. The second-order valence-electron chi connectivity index (χ2n) is 5.95. The quantitative estimate of drug-likeness (QED) is 0.845. The summed E-state index contributed by atoms with van der Waals surface area (Å²) in [5.41, 5.74) is 1.03. The molecule has 0 amide bonds. The van der Waals surface area contributed by atoms with E-state index in [0.717, 1.165) is 11.4 Å². The number of aromatic nitrogens is 1. The molecule has 1 aromatic heterocycles. The summed E-state index contributed by atoms with van der Waals surface area (Å²) < 4.78 is 6.50. The summed E-state index contributed by atoms with van der Waals surface area (Å²) in [6, 6.07) is 6.67. The highest BCUT2D eigenvalue weighted by Gasteiger charge is 2.49. The van der Waals surface area contributed by atoms with Crippen molar-refractivity contribution in [3.8, 4) is 0 Å². The van der Waals surface area contributed by atoms with Crippen LogP contribution in [0.1, 0.15) is 26.0 Å². The maximum Gasteiger partial charge on any atom is 0.0892 e. The van der Waals surface area contributed by atoms with E-state index in [2.05, 4.69) is 35.5 Å². The molecular weight excluding hydrogens is 256 g/mol. The van der Waals surface area contributed by atoms with Gasteiger partial charge >= 0.3 is 0 Å². The summed E-state index contributed by atoms with van der Waals surface area (Å²) in [4.78, 5) is 6.86. The Morgan fingerprint density at radius 3 is 3.00 bits per heavy atom. The van der Waals surface area contributed by atoms with Crippen LogP contribution in [0.3, 0.4) is 0 Å². The van der Waals surface area contributed by atoms with Gasteiger partial charge in [0.25, 0.3) is 0 Å². The minimum absolute atomic E-state index is 0.404. The van der Waals surface area contributed by atoms with Crippen LogP contribution < -0.4 is 0 Å². The zero-order chi connectivity index (χ0) is 13.3. The predicted molar refractivity (Wildman–Crippen MR) is 79.3 cm³/mol. The maximum atomic E-state index is 6.01. The molecule has 3 nitrogen and oxygen atoms in total. The molecule has 0 aliphatic carbocycles. The minimum Gasteiger partial charge on any atom is -0.371 e. The number of thioether (sulfide) groups is 1. The third-order valence-electron chi connectivity index (χ3n) is 4.08. The number of likely N-dealkylation sites (tertiary alicyclic amines) is 1. The molecule has 0 aromatic carbocycles. The highest BCUT2D eigenvalue weighted by molar-refractivity contribution is 8.01. The Hall–Kier alpha value is -0.580. The van der Waals surface area contributed by atoms with Gasteiger partial charge in [0.05, 0.1) is 18.4 Å². The summed E-state index contributed by atoms with van der Waals surface area (Å²) in [6.45, 7) is 7.68. The first kappa shape index (κ1) is 13.4. The fourth-order valence-electron chi connectivity index (χ4n) is 2.88. The third-order valence-corrected chi connectivity index (χ3v) is 5.66. The van der Waals surface area contributed by atoms with Crippen LogP contribution in [-0.2, 0) is 11.3 Å². The van der Waals surface area contributed by atoms with Gasteiger partial charge in [-0.3, -0.25) is 9.88 Å². The van der Waals surface area contributed by atoms with E-state index in [1.54, 1.807) is 0 Å². The van der Waals surface area contributed by atoms with Crippen molar-refractivity contribution < 1.29 is 4.74 Å². The topological polar surface area (TPSA) is 25.4 Å². The number of hydrogen-bond acceptors (Lipinski definition) is 4. The van der Waals surface area contributed by atoms with Gasteiger partial charge < -0.3 is 4.74 Å². The minimum atomic E-state index is 0.404. The van der Waals surface area contributed by atoms with Crippen molar-refractivity contribution >= 4 is 11.8 Å². The number of hydrogen-bond donors (Lipinski definition) is 0. The van der Waals surface area contributed by atoms with Crippen LogP contribution in [-0.4, -0.2) is 45.6 Å². The first-order valence-electron chi connectivity index (χ1n) is 7.06. The van der Waals surface area contributed by atoms with Crippen LogP contribution in [0.2, 0.25) is 0 Å². The molecule has 1 aromatic rings. The molecule has 2 saturated heterocycles. The molecule has 2 aliphatic rings. The van der Waals surface area contributed by atoms with Crippen molar-refractivity contribution in [2.75, 3.05) is 18.8 Å². The maximum absolute atomic E-state index is 6.01. The Labute approximate surface area is 119 Å². The van der Waals surface area contributed by atoms with E-state index < -0.39 is 0 Å². The van der Waals surface area contributed by atoms with Crippen LogP contribution >= 0.6 is 11.8 Å². The summed E-state index contributed by atoms with van der Waals surface area (Å²) in [7, 11) is 0. The van der Waals surface area contributed by atoms with E-state index in [0.29, 0.717) is 23.5 Å². The third kappa shape index (κ3) is 2.96. The van der Waals surface area contributed by atoms with Gasteiger partial charge in [-0.05, 0) is 32.4 Å². The van der Waals surface area contributed by atoms with Crippen molar-refractivity contribution in [3.63, 3.8) is 0 Å². The lowest BCUT2D eigenvalue weighted by Crippen LogP contribution is -2.60. The van der Waals surface area contributed by atoms with E-state index in [1.165, 1.54) is 19.5 Å². The van der Waals surface area contributed by atoms with Crippen LogP contribution in [0.4, 0.5) is 0 Å². The van der Waals surface area contributed by atoms with Gasteiger partial charge in [0.15, 0.2) is 0 Å². The Bertz CT molecular complexity index is 417. The molecule has 0 saturated carbocycles. The molecule has 0 radical (unpaired) electrons. The van der Waals surface area contributed by atoms with E-state index in [4.69, 9.17) is 4.74 Å². The zero-order valence-electron chi connectivity index (χ0n) is 11.7. The molecule has 1 atom stereocenters. The van der Waals surface area contributed by atoms with Gasteiger partial charge in [0.2, 0.25) is 0 Å². The Kier molecular flexibility index (Phi) is 3.83. The fourth-order valence-corrected chi connectivity index (χ4v) is 4.45. The molecule has 104 valence electrons. The van der Waals surface area contributed by atoms with Gasteiger partial charge in [0.1, 0.15) is 0 Å². The normalized spacial score (nSPS) is 25.9. The van der Waals surface area contributed by atoms with Gasteiger partial charge in [-0.15, -0.1) is 11.8 Å². The van der Waals surface area contributed by atoms with Crippen molar-refractivity contribution in [1.82, 2.24) is 9.88 Å². The lowest BCUT2D eigenvalue weighted by Gasteiger charge is -2.49. The molecule has 19 heavy (non-hydrogen) atoms. The van der Waals surface area contributed by atoms with Crippen LogP contribution in [0.5, 0.6) is 0 Å². The monoisotopic (exact) mass is 278 g/mol. The van der Waals surface area contributed by atoms with Gasteiger partial charge in [0, 0.05) is 35.8 Å². The molecule has 0 N–H and O–H groups in total. The predicted octanol–water partition coefficient (Wildman–Crippen LogP) is 2.57. The molecule has 3 heterocycles. The fraction of sp³-hybridized carbons (Fsp3) is 0.667. The van der Waals surface area contributed by atoms with E-state index >= 15 is 0 Å². The average molecular weight is 278 g/mol. The summed E-state index contributed by atoms with van der Waals surface area (Å²) in [5, 5.41) is 0. The van der Waals surface area contributed by atoms with E-state index in [-0.39, 0.29) is 0 Å². The number of nitrogens with zero attached hydrogens (tertiary/aromatic N) is 2. The van der Waals surface area contributed by atoms with Gasteiger partial charge in [-0.25, -0.2) is 0 Å². The Morgan fingerprint density at radius 2 is 2.32 bits per heavy atom. The van der Waals surface area contributed by atoms with Crippen LogP contribution in [0.25, 0.3) is 0 Å². The summed E-state index contributed by atoms with van der Waals surface area (Å²) in [6.07, 6.45) is 3.44. The van der Waals surface area contributed by atoms with Gasteiger partial charge in [-0.1, -0.05) is 6.07 Å². The Balaban J connectivity index is 1.46. The Morgan fingerprint density at radius 1 is 1.47 bits per heavy atom. The van der Waals surface area contributed by atoms with Crippen molar-refractivity contribution in [2.45, 2.75) is 43.8 Å². The molecule has 2 aliphatic heterocycles. The standard InChI is InChI=1S/C15H22N2OS/c1-12(2)17-10-15(11-17)7-14(9-19-15)18-8-13-5-3-4-6-16-13/h3-6,12,14H,7-11H2,1-2H3/t14-/m0/s1. The second kappa shape index (κ2) is 5.43. The largest absolute Gasteiger partial charge is 0.371 e. The lowest BCUT2D eigenvalue weighted by atomic mass is 9.92. The smallest absolute Gasteiger partial charge is 0.0892 e. The van der Waals surface area contributed by atoms with E-state index in [9.17, 15) is 0 Å². The average Bonchev–Trinajstić information content (AvgIpc) is 2.80. The van der Waals surface area contributed by atoms with Crippen LogP contribution in [0, 0.1) is 0 Å². The van der Waals surface area contributed by atoms with E-state index in [1.807, 2.05) is 24.4 Å². The molecule has 2 fully saturated rings. The first-order chi connectivity index (χ1) is 9.17. The summed E-state index contributed by atoms with van der Waals surface area (Å²) >= 11 is 2.11.